The van der Waals surface area contributed by atoms with Crippen LogP contribution in [0.1, 0.15) is 183 Å². The van der Waals surface area contributed by atoms with Gasteiger partial charge in [0.05, 0.1) is 0 Å². The summed E-state index contributed by atoms with van der Waals surface area (Å²) in [5, 5.41) is 0. The van der Waals surface area contributed by atoms with Gasteiger partial charge >= 0.3 is 5.97 Å². The molecule has 0 spiro atoms. The first kappa shape index (κ1) is 36.2. The molecular weight excluding hydrogens is 452 g/mol. The molecule has 2 atom stereocenters. The van der Waals surface area contributed by atoms with E-state index in [-0.39, 0.29) is 5.97 Å². The number of hydrogen-bond donors (Lipinski definition) is 0. The van der Waals surface area contributed by atoms with E-state index in [1.165, 1.54) is 121 Å². The zero-order valence-corrected chi connectivity index (χ0v) is 26.4. The van der Waals surface area contributed by atoms with Crippen molar-refractivity contribution in [2.75, 3.05) is 6.61 Å². The quantitative estimate of drug-likeness (QED) is 0.0611. The molecule has 0 rings (SSSR count). The van der Waals surface area contributed by atoms with E-state index in [1.54, 1.807) is 0 Å². The fourth-order valence-electron chi connectivity index (χ4n) is 5.19. The molecule has 0 aromatic carbocycles. The Bertz CT molecular complexity index is 521. The summed E-state index contributed by atoms with van der Waals surface area (Å²) >= 11 is 0. The summed E-state index contributed by atoms with van der Waals surface area (Å²) in [5.74, 6) is 2.36. The predicted octanol–water partition coefficient (Wildman–Crippen LogP) is 12.0. The second-order valence-corrected chi connectivity index (χ2v) is 12.7. The maximum Gasteiger partial charge on any atom is 0.306 e. The fraction of sp³-hybridized carbons (Fsp3) is 0.914. The molecular formula is C35H68O2. The van der Waals surface area contributed by atoms with Gasteiger partial charge in [-0.15, -0.1) is 0 Å². The maximum absolute atomic E-state index is 12.1. The summed E-state index contributed by atoms with van der Waals surface area (Å²) in [6.45, 7) is 14.3. The number of allylic oxidation sites excluding steroid dienone is 1. The SMILES string of the molecule is CCCCCCCCCCCCCCCC(C)=CCOC(=O)CCC[C@H](C)CCC[C@H](C)CCC(C)C. The van der Waals surface area contributed by atoms with E-state index in [0.717, 1.165) is 31.1 Å². The molecule has 0 aliphatic carbocycles. The standard InChI is InChI=1S/C35H68O2/c1-7-8-9-10-11-12-13-14-15-16-17-18-19-22-34(6)29-30-37-35(36)26-21-25-32(4)23-20-24-33(5)28-27-31(2)3/h29,31-33H,7-28,30H2,1-6H3/t32-,33+/m1/s1. The van der Waals surface area contributed by atoms with Crippen molar-refractivity contribution in [3.63, 3.8) is 0 Å². The van der Waals surface area contributed by atoms with Crippen molar-refractivity contribution in [1.82, 2.24) is 0 Å². The highest BCUT2D eigenvalue weighted by atomic mass is 16.5. The van der Waals surface area contributed by atoms with Gasteiger partial charge < -0.3 is 4.74 Å². The molecule has 0 saturated carbocycles. The summed E-state index contributed by atoms with van der Waals surface area (Å²) in [6.07, 6.45) is 30.8. The van der Waals surface area contributed by atoms with E-state index in [9.17, 15) is 4.79 Å². The van der Waals surface area contributed by atoms with E-state index in [0.29, 0.717) is 18.9 Å². The van der Waals surface area contributed by atoms with Gasteiger partial charge in [-0.3, -0.25) is 4.79 Å². The molecule has 0 bridgehead atoms. The third kappa shape index (κ3) is 28.0. The predicted molar refractivity (Wildman–Crippen MR) is 165 cm³/mol. The largest absolute Gasteiger partial charge is 0.461 e. The molecule has 0 aliphatic heterocycles. The Kier molecular flexibility index (Phi) is 26.2. The van der Waals surface area contributed by atoms with Crippen molar-refractivity contribution >= 4 is 5.97 Å². The van der Waals surface area contributed by atoms with E-state index in [4.69, 9.17) is 4.74 Å². The van der Waals surface area contributed by atoms with Crippen LogP contribution >= 0.6 is 0 Å². The van der Waals surface area contributed by atoms with Crippen LogP contribution in [0.25, 0.3) is 0 Å². The summed E-state index contributed by atoms with van der Waals surface area (Å²) in [4.78, 5) is 12.1. The van der Waals surface area contributed by atoms with Crippen LogP contribution in [0, 0.1) is 17.8 Å². The van der Waals surface area contributed by atoms with Crippen molar-refractivity contribution < 1.29 is 9.53 Å². The summed E-state index contributed by atoms with van der Waals surface area (Å²) in [7, 11) is 0. The monoisotopic (exact) mass is 521 g/mol. The Labute approximate surface area is 234 Å². The summed E-state index contributed by atoms with van der Waals surface area (Å²) in [5.41, 5.74) is 1.37. The number of unbranched alkanes of at least 4 members (excludes halogenated alkanes) is 12. The van der Waals surface area contributed by atoms with Gasteiger partial charge in [0, 0.05) is 6.42 Å². The van der Waals surface area contributed by atoms with Gasteiger partial charge in [0.2, 0.25) is 0 Å². The normalized spacial score (nSPS) is 13.8. The van der Waals surface area contributed by atoms with Gasteiger partial charge in [-0.25, -0.2) is 0 Å². The molecule has 0 unspecified atom stereocenters. The first-order chi connectivity index (χ1) is 17.8. The molecule has 0 amide bonds. The Balaban J connectivity index is 3.55. The Morgan fingerprint density at radius 1 is 0.595 bits per heavy atom. The second-order valence-electron chi connectivity index (χ2n) is 12.7. The lowest BCUT2D eigenvalue weighted by Gasteiger charge is -2.15. The molecule has 220 valence electrons. The van der Waals surface area contributed by atoms with Crippen LogP contribution in [0.4, 0.5) is 0 Å². The van der Waals surface area contributed by atoms with E-state index >= 15 is 0 Å². The molecule has 37 heavy (non-hydrogen) atoms. The highest BCUT2D eigenvalue weighted by Crippen LogP contribution is 2.21. The van der Waals surface area contributed by atoms with Gasteiger partial charge in [-0.1, -0.05) is 156 Å². The smallest absolute Gasteiger partial charge is 0.306 e. The molecule has 0 N–H and O–H groups in total. The highest BCUT2D eigenvalue weighted by Gasteiger charge is 2.08. The lowest BCUT2D eigenvalue weighted by molar-refractivity contribution is -0.142. The number of carbonyl (C=O) groups is 1. The molecule has 0 heterocycles. The number of hydrogen-bond acceptors (Lipinski definition) is 2. The molecule has 0 radical (unpaired) electrons. The molecule has 0 aromatic heterocycles. The van der Waals surface area contributed by atoms with Crippen LogP contribution in [-0.4, -0.2) is 12.6 Å². The molecule has 0 saturated heterocycles. The average Bonchev–Trinajstić information content (AvgIpc) is 2.85. The fourth-order valence-corrected chi connectivity index (χ4v) is 5.19. The molecule has 0 fully saturated rings. The van der Waals surface area contributed by atoms with Gasteiger partial charge in [-0.05, 0) is 50.0 Å². The first-order valence-electron chi connectivity index (χ1n) is 16.7. The van der Waals surface area contributed by atoms with Gasteiger partial charge in [0.1, 0.15) is 6.61 Å². The highest BCUT2D eigenvalue weighted by molar-refractivity contribution is 5.69. The van der Waals surface area contributed by atoms with Gasteiger partial charge in [-0.2, -0.15) is 0 Å². The molecule has 2 nitrogen and oxygen atoms in total. The van der Waals surface area contributed by atoms with Crippen LogP contribution in [-0.2, 0) is 9.53 Å². The second kappa shape index (κ2) is 26.8. The van der Waals surface area contributed by atoms with Crippen LogP contribution in [0.3, 0.4) is 0 Å². The summed E-state index contributed by atoms with van der Waals surface area (Å²) < 4.78 is 5.46. The van der Waals surface area contributed by atoms with Crippen LogP contribution in [0.5, 0.6) is 0 Å². The third-order valence-electron chi connectivity index (χ3n) is 8.06. The summed E-state index contributed by atoms with van der Waals surface area (Å²) in [6, 6.07) is 0. The number of carbonyl (C=O) groups excluding carboxylic acids is 1. The van der Waals surface area contributed by atoms with Crippen molar-refractivity contribution in [3.05, 3.63) is 11.6 Å². The zero-order valence-electron chi connectivity index (χ0n) is 26.4. The number of esters is 1. The Hall–Kier alpha value is -0.790. The minimum absolute atomic E-state index is 0.0282. The average molecular weight is 521 g/mol. The minimum atomic E-state index is -0.0282. The molecule has 0 aliphatic rings. The van der Waals surface area contributed by atoms with E-state index in [2.05, 4.69) is 47.6 Å². The van der Waals surface area contributed by atoms with E-state index < -0.39 is 0 Å². The number of rotatable bonds is 27. The Morgan fingerprint density at radius 3 is 1.62 bits per heavy atom. The lowest BCUT2D eigenvalue weighted by Crippen LogP contribution is -2.06. The van der Waals surface area contributed by atoms with Crippen molar-refractivity contribution in [1.29, 1.82) is 0 Å². The van der Waals surface area contributed by atoms with Crippen molar-refractivity contribution in [2.24, 2.45) is 17.8 Å². The molecule has 0 aromatic rings. The zero-order chi connectivity index (χ0) is 27.6. The van der Waals surface area contributed by atoms with Crippen LogP contribution < -0.4 is 0 Å². The van der Waals surface area contributed by atoms with Crippen molar-refractivity contribution in [2.45, 2.75) is 183 Å². The Morgan fingerprint density at radius 2 is 1.08 bits per heavy atom. The van der Waals surface area contributed by atoms with Gasteiger partial charge in [0.25, 0.3) is 0 Å². The van der Waals surface area contributed by atoms with Crippen LogP contribution in [0.2, 0.25) is 0 Å². The van der Waals surface area contributed by atoms with Crippen LogP contribution in [0.15, 0.2) is 11.6 Å². The first-order valence-corrected chi connectivity index (χ1v) is 16.7. The van der Waals surface area contributed by atoms with Crippen molar-refractivity contribution in [3.8, 4) is 0 Å². The van der Waals surface area contributed by atoms with E-state index in [1.807, 2.05) is 0 Å². The third-order valence-corrected chi connectivity index (χ3v) is 8.06. The topological polar surface area (TPSA) is 26.3 Å². The number of ether oxygens (including phenoxy) is 1. The molecule has 2 heteroatoms. The maximum atomic E-state index is 12.1. The minimum Gasteiger partial charge on any atom is -0.461 e. The lowest BCUT2D eigenvalue weighted by atomic mass is 9.91. The van der Waals surface area contributed by atoms with Gasteiger partial charge in [0.15, 0.2) is 0 Å².